The summed E-state index contributed by atoms with van der Waals surface area (Å²) in [6, 6.07) is 12.3. The van der Waals surface area contributed by atoms with E-state index >= 15 is 0 Å². The van der Waals surface area contributed by atoms with Gasteiger partial charge in [-0.25, -0.2) is 0 Å². The highest BCUT2D eigenvalue weighted by atomic mass is 19.4. The van der Waals surface area contributed by atoms with Crippen LogP contribution in [0.15, 0.2) is 54.4 Å². The molecule has 0 aromatic heterocycles. The Balaban J connectivity index is 2.08. The van der Waals surface area contributed by atoms with E-state index in [2.05, 4.69) is 0 Å². The van der Waals surface area contributed by atoms with E-state index in [1.54, 1.807) is 36.2 Å². The fourth-order valence-corrected chi connectivity index (χ4v) is 3.14. The maximum Gasteiger partial charge on any atom is 0.416 e. The maximum atomic E-state index is 13.2. The van der Waals surface area contributed by atoms with Crippen molar-refractivity contribution < 1.29 is 18.0 Å². The standard InChI is InChI=1S/C19H17F3N2O/c1-11-8-9-13(10-14(11)19(20,21)22)15-17(25)16(24(2)18(15)23)12-6-4-3-5-7-12/h3-10,16H,23H2,1-2H3. The number of halogens is 3. The summed E-state index contributed by atoms with van der Waals surface area (Å²) in [5, 5.41) is 0. The molecule has 130 valence electrons. The highest BCUT2D eigenvalue weighted by Crippen LogP contribution is 2.40. The third-order valence-corrected chi connectivity index (χ3v) is 4.47. The average molecular weight is 346 g/mol. The van der Waals surface area contributed by atoms with Crippen molar-refractivity contribution in [1.29, 1.82) is 0 Å². The molecule has 1 aliphatic heterocycles. The summed E-state index contributed by atoms with van der Waals surface area (Å²) in [5.41, 5.74) is 6.48. The summed E-state index contributed by atoms with van der Waals surface area (Å²) < 4.78 is 39.6. The Morgan fingerprint density at radius 1 is 1.08 bits per heavy atom. The lowest BCUT2D eigenvalue weighted by Crippen LogP contribution is -2.25. The second-order valence-electron chi connectivity index (χ2n) is 6.08. The number of hydrogen-bond acceptors (Lipinski definition) is 3. The largest absolute Gasteiger partial charge is 0.416 e. The van der Waals surface area contributed by atoms with Gasteiger partial charge in [-0.2, -0.15) is 13.2 Å². The molecule has 3 rings (SSSR count). The summed E-state index contributed by atoms with van der Waals surface area (Å²) in [4.78, 5) is 14.5. The molecule has 0 spiro atoms. The Kier molecular flexibility index (Phi) is 4.06. The molecule has 25 heavy (non-hydrogen) atoms. The minimum Gasteiger partial charge on any atom is -0.385 e. The highest BCUT2D eigenvalue weighted by molar-refractivity contribution is 6.26. The number of aryl methyl sites for hydroxylation is 1. The lowest BCUT2D eigenvalue weighted by molar-refractivity contribution is -0.138. The number of likely N-dealkylation sites (N-methyl/N-ethyl adjacent to an activating group) is 1. The van der Waals surface area contributed by atoms with Crippen LogP contribution in [0, 0.1) is 6.92 Å². The van der Waals surface area contributed by atoms with Gasteiger partial charge in [-0.15, -0.1) is 0 Å². The number of alkyl halides is 3. The number of hydrogen-bond donors (Lipinski definition) is 1. The highest BCUT2D eigenvalue weighted by Gasteiger charge is 2.39. The SMILES string of the molecule is Cc1ccc(C2=C(N)N(C)C(c3ccccc3)C2=O)cc1C(F)(F)F. The molecular formula is C19H17F3N2O. The number of Topliss-reactive ketones (excluding diaryl/α,β-unsaturated/α-hetero) is 1. The molecule has 0 fully saturated rings. The van der Waals surface area contributed by atoms with Crippen molar-refractivity contribution in [2.45, 2.75) is 19.1 Å². The first kappa shape index (κ1) is 17.1. The van der Waals surface area contributed by atoms with Crippen LogP contribution in [0.4, 0.5) is 13.2 Å². The number of rotatable bonds is 2. The zero-order valence-electron chi connectivity index (χ0n) is 13.8. The van der Waals surface area contributed by atoms with Gasteiger partial charge in [0, 0.05) is 7.05 Å². The maximum absolute atomic E-state index is 13.2. The van der Waals surface area contributed by atoms with Gasteiger partial charge in [0.1, 0.15) is 11.9 Å². The monoisotopic (exact) mass is 346 g/mol. The normalized spacial score (nSPS) is 18.2. The topological polar surface area (TPSA) is 46.3 Å². The zero-order valence-corrected chi connectivity index (χ0v) is 13.8. The van der Waals surface area contributed by atoms with Crippen molar-refractivity contribution in [2.24, 2.45) is 5.73 Å². The Morgan fingerprint density at radius 2 is 1.72 bits per heavy atom. The molecule has 1 aliphatic rings. The molecule has 0 amide bonds. The minimum absolute atomic E-state index is 0.105. The molecule has 0 saturated heterocycles. The number of nitrogens with zero attached hydrogens (tertiary/aromatic N) is 1. The Morgan fingerprint density at radius 3 is 2.32 bits per heavy atom. The van der Waals surface area contributed by atoms with Crippen molar-refractivity contribution in [2.75, 3.05) is 7.05 Å². The van der Waals surface area contributed by atoms with Gasteiger partial charge in [-0.3, -0.25) is 4.79 Å². The van der Waals surface area contributed by atoms with E-state index in [-0.39, 0.29) is 28.3 Å². The quantitative estimate of drug-likeness (QED) is 0.897. The predicted molar refractivity (Wildman–Crippen MR) is 89.2 cm³/mol. The summed E-state index contributed by atoms with van der Waals surface area (Å²) >= 11 is 0. The van der Waals surface area contributed by atoms with Crippen molar-refractivity contribution in [1.82, 2.24) is 4.90 Å². The Hall–Kier alpha value is -2.76. The minimum atomic E-state index is -4.48. The van der Waals surface area contributed by atoms with Crippen molar-refractivity contribution in [3.63, 3.8) is 0 Å². The van der Waals surface area contributed by atoms with Crippen LogP contribution in [0.1, 0.15) is 28.3 Å². The second kappa shape index (κ2) is 5.95. The molecule has 1 unspecified atom stereocenters. The van der Waals surface area contributed by atoms with Gasteiger partial charge in [-0.05, 0) is 29.7 Å². The summed E-state index contributed by atoms with van der Waals surface area (Å²) in [6.45, 7) is 1.39. The lowest BCUT2D eigenvalue weighted by atomic mass is 9.94. The molecule has 1 heterocycles. The van der Waals surface area contributed by atoms with Gasteiger partial charge in [0.2, 0.25) is 0 Å². The molecule has 0 aliphatic carbocycles. The number of carbonyl (C=O) groups is 1. The van der Waals surface area contributed by atoms with Crippen molar-refractivity contribution in [3.8, 4) is 0 Å². The molecule has 0 bridgehead atoms. The third-order valence-electron chi connectivity index (χ3n) is 4.47. The van der Waals surface area contributed by atoms with Crippen molar-refractivity contribution in [3.05, 3.63) is 76.6 Å². The smallest absolute Gasteiger partial charge is 0.385 e. The molecule has 1 atom stereocenters. The predicted octanol–water partition coefficient (Wildman–Crippen LogP) is 3.90. The molecule has 6 heteroatoms. The van der Waals surface area contributed by atoms with Crippen LogP contribution < -0.4 is 5.73 Å². The molecule has 0 saturated carbocycles. The molecule has 2 N–H and O–H groups in total. The molecule has 2 aromatic carbocycles. The number of benzene rings is 2. The Labute approximate surface area is 143 Å². The van der Waals surface area contributed by atoms with E-state index in [0.717, 1.165) is 11.6 Å². The summed E-state index contributed by atoms with van der Waals surface area (Å²) in [5.74, 6) is -0.126. The van der Waals surface area contributed by atoms with E-state index in [4.69, 9.17) is 5.73 Å². The van der Waals surface area contributed by atoms with Crippen LogP contribution in [0.5, 0.6) is 0 Å². The zero-order chi connectivity index (χ0) is 18.4. The van der Waals surface area contributed by atoms with E-state index in [1.165, 1.54) is 19.1 Å². The van der Waals surface area contributed by atoms with Crippen LogP contribution in [0.25, 0.3) is 5.57 Å². The lowest BCUT2D eigenvalue weighted by Gasteiger charge is -2.21. The van der Waals surface area contributed by atoms with Gasteiger partial charge in [-0.1, -0.05) is 42.5 Å². The summed E-state index contributed by atoms with van der Waals surface area (Å²) in [7, 11) is 1.66. The van der Waals surface area contributed by atoms with Crippen LogP contribution in [-0.2, 0) is 11.0 Å². The first-order valence-electron chi connectivity index (χ1n) is 7.71. The van der Waals surface area contributed by atoms with Crippen LogP contribution in [0.3, 0.4) is 0 Å². The molecular weight excluding hydrogens is 329 g/mol. The number of nitrogens with two attached hydrogens (primary N) is 1. The molecule has 2 aromatic rings. The Bertz CT molecular complexity index is 857. The van der Waals surface area contributed by atoms with E-state index in [9.17, 15) is 18.0 Å². The van der Waals surface area contributed by atoms with Crippen LogP contribution in [0.2, 0.25) is 0 Å². The van der Waals surface area contributed by atoms with Crippen molar-refractivity contribution >= 4 is 11.4 Å². The third kappa shape index (κ3) is 2.88. The number of carbonyl (C=O) groups excluding carboxylic acids is 1. The fourth-order valence-electron chi connectivity index (χ4n) is 3.14. The van der Waals surface area contributed by atoms with Gasteiger partial charge >= 0.3 is 6.18 Å². The van der Waals surface area contributed by atoms with E-state index < -0.39 is 17.8 Å². The van der Waals surface area contributed by atoms with Crippen LogP contribution >= 0.6 is 0 Å². The van der Waals surface area contributed by atoms with E-state index in [1.807, 2.05) is 6.07 Å². The van der Waals surface area contributed by atoms with Gasteiger partial charge < -0.3 is 10.6 Å². The van der Waals surface area contributed by atoms with Gasteiger partial charge in [0.15, 0.2) is 5.78 Å². The first-order valence-corrected chi connectivity index (χ1v) is 7.71. The van der Waals surface area contributed by atoms with Crippen LogP contribution in [-0.4, -0.2) is 17.7 Å². The number of ketones is 1. The molecule has 3 nitrogen and oxygen atoms in total. The van der Waals surface area contributed by atoms with Gasteiger partial charge in [0.25, 0.3) is 0 Å². The fraction of sp³-hybridized carbons (Fsp3) is 0.211. The average Bonchev–Trinajstić information content (AvgIpc) is 2.78. The summed E-state index contributed by atoms with van der Waals surface area (Å²) in [6.07, 6.45) is -4.48. The van der Waals surface area contributed by atoms with Gasteiger partial charge in [0.05, 0.1) is 11.1 Å². The van der Waals surface area contributed by atoms with E-state index in [0.29, 0.717) is 0 Å². The second-order valence-corrected chi connectivity index (χ2v) is 6.08. The first-order chi connectivity index (χ1) is 11.7. The molecule has 0 radical (unpaired) electrons.